The molecule has 0 fully saturated rings. The van der Waals surface area contributed by atoms with Crippen LogP contribution in [0.1, 0.15) is 51.8 Å². The minimum Gasteiger partial charge on any atom is -0.508 e. The molecule has 0 saturated heterocycles. The van der Waals surface area contributed by atoms with Gasteiger partial charge in [-0.15, -0.1) is 0 Å². The van der Waals surface area contributed by atoms with E-state index < -0.39 is 17.6 Å². The molecule has 1 aromatic carbocycles. The molecule has 7 nitrogen and oxygen atoms in total. The zero-order valence-electron chi connectivity index (χ0n) is 17.9. The lowest BCUT2D eigenvalue weighted by Gasteiger charge is -2.16. The minimum absolute atomic E-state index is 0.0821. The van der Waals surface area contributed by atoms with E-state index in [0.29, 0.717) is 27.1 Å². The first-order valence-corrected chi connectivity index (χ1v) is 10.3. The summed E-state index contributed by atoms with van der Waals surface area (Å²) in [7, 11) is 1.51. The number of phenols is 1. The number of nitrogens with zero attached hydrogens (tertiary/aromatic N) is 2. The molecule has 0 aliphatic heterocycles. The Morgan fingerprint density at radius 2 is 1.93 bits per heavy atom. The van der Waals surface area contributed by atoms with Crippen molar-refractivity contribution in [2.45, 2.75) is 47.6 Å². The second-order valence-corrected chi connectivity index (χ2v) is 6.52. The largest absolute Gasteiger partial charge is 0.508 e. The maximum atomic E-state index is 12.5. The molecule has 1 amide bonds. The highest BCUT2D eigenvalue weighted by Gasteiger charge is 2.18. The zero-order valence-corrected chi connectivity index (χ0v) is 18.8. The Morgan fingerprint density at radius 1 is 1.28 bits per heavy atom. The van der Waals surface area contributed by atoms with Crippen LogP contribution in [0.15, 0.2) is 35.3 Å². The fraction of sp³-hybridized carbons (Fsp3) is 0.381. The number of aromatic nitrogens is 2. The van der Waals surface area contributed by atoms with Gasteiger partial charge in [-0.3, -0.25) is 4.79 Å². The molecule has 1 atom stereocenters. The van der Waals surface area contributed by atoms with Crippen molar-refractivity contribution in [1.29, 1.82) is 0 Å². The number of benzene rings is 1. The Bertz CT molecular complexity index is 1010. The van der Waals surface area contributed by atoms with Gasteiger partial charge in [0.15, 0.2) is 0 Å². The fourth-order valence-electron chi connectivity index (χ4n) is 2.48. The van der Waals surface area contributed by atoms with Crippen LogP contribution in [-0.4, -0.2) is 27.2 Å². The van der Waals surface area contributed by atoms with Gasteiger partial charge in [-0.25, -0.2) is 9.78 Å². The van der Waals surface area contributed by atoms with Gasteiger partial charge in [-0.1, -0.05) is 27.7 Å². The fourth-order valence-corrected chi connectivity index (χ4v) is 3.33. The predicted octanol–water partition coefficient (Wildman–Crippen LogP) is 4.85. The minimum atomic E-state index is -0.542. The van der Waals surface area contributed by atoms with Gasteiger partial charge < -0.3 is 15.2 Å². The smallest absolute Gasteiger partial charge is 0.338 e. The molecule has 8 heteroatoms. The highest BCUT2D eigenvalue weighted by Crippen LogP contribution is 2.31. The molecule has 2 heterocycles. The van der Waals surface area contributed by atoms with Crippen LogP contribution in [0.4, 0.5) is 4.79 Å². The summed E-state index contributed by atoms with van der Waals surface area (Å²) in [5, 5.41) is 13.2. The Morgan fingerprint density at radius 3 is 2.52 bits per heavy atom. The number of methoxy groups -OCH3 is 1. The van der Waals surface area contributed by atoms with Crippen molar-refractivity contribution in [3.63, 3.8) is 0 Å². The van der Waals surface area contributed by atoms with Crippen LogP contribution in [-0.2, 0) is 0 Å². The first-order chi connectivity index (χ1) is 13.9. The van der Waals surface area contributed by atoms with Crippen LogP contribution in [0.3, 0.4) is 0 Å². The maximum absolute atomic E-state index is 12.5. The van der Waals surface area contributed by atoms with Crippen LogP contribution >= 0.6 is 11.5 Å². The van der Waals surface area contributed by atoms with E-state index in [4.69, 9.17) is 4.74 Å². The Hall–Kier alpha value is -2.87. The van der Waals surface area contributed by atoms with Crippen molar-refractivity contribution in [2.75, 3.05) is 7.11 Å². The SMILES string of the molecule is CC.CC.COc1cc([C@@H](C)NC(=O)n2sc3ncccc3c2=O)cc(O)c1C. The molecule has 2 N–H and O–H groups in total. The summed E-state index contributed by atoms with van der Waals surface area (Å²) in [6, 6.07) is 5.63. The second-order valence-electron chi connectivity index (χ2n) is 5.59. The number of nitrogens with one attached hydrogen (secondary N) is 1. The summed E-state index contributed by atoms with van der Waals surface area (Å²) in [4.78, 5) is 29.4. The van der Waals surface area contributed by atoms with E-state index in [-0.39, 0.29) is 5.75 Å². The van der Waals surface area contributed by atoms with Gasteiger partial charge in [0.1, 0.15) is 16.3 Å². The lowest BCUT2D eigenvalue weighted by atomic mass is 10.0. The third kappa shape index (κ3) is 5.35. The number of hydrogen-bond acceptors (Lipinski definition) is 6. The molecule has 0 radical (unpaired) electrons. The van der Waals surface area contributed by atoms with Crippen LogP contribution in [0, 0.1) is 6.92 Å². The van der Waals surface area contributed by atoms with Crippen LogP contribution in [0.25, 0.3) is 10.2 Å². The van der Waals surface area contributed by atoms with Crippen LogP contribution in [0.5, 0.6) is 11.5 Å². The highest BCUT2D eigenvalue weighted by molar-refractivity contribution is 7.14. The monoisotopic (exact) mass is 419 g/mol. The van der Waals surface area contributed by atoms with E-state index in [1.165, 1.54) is 7.11 Å². The number of amides is 1. The van der Waals surface area contributed by atoms with Crippen LogP contribution < -0.4 is 15.6 Å². The quantitative estimate of drug-likeness (QED) is 0.633. The number of hydrogen-bond donors (Lipinski definition) is 2. The number of carbonyl (C=O) groups excluding carboxylic acids is 1. The van der Waals surface area contributed by atoms with Gasteiger partial charge in [-0.2, -0.15) is 3.96 Å². The van der Waals surface area contributed by atoms with Gasteiger partial charge in [-0.05, 0) is 55.2 Å². The number of phenolic OH excluding ortho intramolecular Hbond substituents is 1. The lowest BCUT2D eigenvalue weighted by molar-refractivity contribution is 0.241. The molecule has 3 aromatic rings. The molecule has 0 unspecified atom stereocenters. The summed E-state index contributed by atoms with van der Waals surface area (Å²) in [6.45, 7) is 11.5. The number of aromatic hydroxyl groups is 1. The standard InChI is InChI=1S/C17H17N3O4S.2C2H6/c1-9-13(21)7-11(8-14(9)24-3)10(2)19-17(23)20-16(22)12-5-4-6-18-15(12)25-20;2*1-2/h4-8,10,21H,1-3H3,(H,19,23);2*1-2H3/t10-;;/m1../s1. The van der Waals surface area contributed by atoms with E-state index >= 15 is 0 Å². The Labute approximate surface area is 175 Å². The Kier molecular flexibility index (Phi) is 9.34. The third-order valence-electron chi connectivity index (χ3n) is 3.96. The van der Waals surface area contributed by atoms with Gasteiger partial charge >= 0.3 is 6.03 Å². The lowest BCUT2D eigenvalue weighted by Crippen LogP contribution is -2.34. The van der Waals surface area contributed by atoms with E-state index in [0.717, 1.165) is 15.5 Å². The zero-order chi connectivity index (χ0) is 22.1. The number of pyridine rings is 1. The number of fused-ring (bicyclic) bond motifs is 1. The maximum Gasteiger partial charge on any atom is 0.338 e. The molecule has 3 rings (SSSR count). The normalized spacial score (nSPS) is 10.9. The molecule has 29 heavy (non-hydrogen) atoms. The van der Waals surface area contributed by atoms with Crippen LogP contribution in [0.2, 0.25) is 0 Å². The van der Waals surface area contributed by atoms with Gasteiger partial charge in [0.2, 0.25) is 0 Å². The summed E-state index contributed by atoms with van der Waals surface area (Å²) in [5.41, 5.74) is 0.888. The predicted molar refractivity (Wildman–Crippen MR) is 118 cm³/mol. The van der Waals surface area contributed by atoms with Crippen molar-refractivity contribution in [1.82, 2.24) is 14.3 Å². The topological polar surface area (TPSA) is 93.5 Å². The summed E-state index contributed by atoms with van der Waals surface area (Å²) < 4.78 is 6.27. The van der Waals surface area contributed by atoms with Crippen molar-refractivity contribution in [3.05, 3.63) is 51.9 Å². The second kappa shape index (κ2) is 11.2. The molecule has 0 aliphatic carbocycles. The van der Waals surface area contributed by atoms with Crippen molar-refractivity contribution < 1.29 is 14.6 Å². The van der Waals surface area contributed by atoms with Gasteiger partial charge in [0, 0.05) is 11.8 Å². The van der Waals surface area contributed by atoms with E-state index in [1.807, 2.05) is 27.7 Å². The highest BCUT2D eigenvalue weighted by atomic mass is 32.1. The summed E-state index contributed by atoms with van der Waals surface area (Å²) in [6.07, 6.45) is 1.57. The summed E-state index contributed by atoms with van der Waals surface area (Å²) >= 11 is 0.989. The van der Waals surface area contributed by atoms with Gasteiger partial charge in [0.05, 0.1) is 18.5 Å². The molecule has 2 aromatic heterocycles. The molecule has 0 spiro atoms. The average Bonchev–Trinajstić information content (AvgIpc) is 3.09. The average molecular weight is 420 g/mol. The van der Waals surface area contributed by atoms with Crippen molar-refractivity contribution in [3.8, 4) is 11.5 Å². The number of carbonyl (C=O) groups is 1. The van der Waals surface area contributed by atoms with E-state index in [9.17, 15) is 14.7 Å². The number of ether oxygens (including phenoxy) is 1. The number of rotatable bonds is 3. The molecule has 0 aliphatic rings. The molecule has 0 bridgehead atoms. The first-order valence-electron chi connectivity index (χ1n) is 9.57. The van der Waals surface area contributed by atoms with E-state index in [1.54, 1.807) is 44.3 Å². The summed E-state index contributed by atoms with van der Waals surface area (Å²) in [5.74, 6) is 0.609. The molecular formula is C21H29N3O4S. The van der Waals surface area contributed by atoms with Crippen molar-refractivity contribution >= 4 is 27.8 Å². The van der Waals surface area contributed by atoms with Crippen molar-refractivity contribution in [2.24, 2.45) is 0 Å². The third-order valence-corrected chi connectivity index (χ3v) is 4.98. The van der Waals surface area contributed by atoms with Gasteiger partial charge in [0.25, 0.3) is 5.56 Å². The molecule has 158 valence electrons. The Balaban J connectivity index is 0.000000989. The molecule has 0 saturated carbocycles. The van der Waals surface area contributed by atoms with E-state index in [2.05, 4.69) is 10.3 Å². The first kappa shape index (κ1) is 24.2. The molecular weight excluding hydrogens is 390 g/mol.